The molecule has 5 heteroatoms. The summed E-state index contributed by atoms with van der Waals surface area (Å²) in [6.45, 7) is 4.55. The van der Waals surface area contributed by atoms with Crippen LogP contribution in [0.1, 0.15) is 29.5 Å². The maximum atomic E-state index is 13.4. The largest absolute Gasteiger partial charge is 0.497 e. The van der Waals surface area contributed by atoms with Crippen LogP contribution in [0, 0.1) is 12.8 Å². The van der Waals surface area contributed by atoms with Gasteiger partial charge >= 0.3 is 0 Å². The lowest BCUT2D eigenvalue weighted by atomic mass is 9.88. The number of carbonyl (C=O) groups excluding carboxylic acids is 1. The number of carbonyl (C=O) groups is 1. The predicted molar refractivity (Wildman–Crippen MR) is 115 cm³/mol. The van der Waals surface area contributed by atoms with Crippen molar-refractivity contribution in [2.75, 3.05) is 26.8 Å². The second-order valence-electron chi connectivity index (χ2n) is 7.86. The van der Waals surface area contributed by atoms with E-state index >= 15 is 0 Å². The molecule has 0 aliphatic carbocycles. The van der Waals surface area contributed by atoms with Crippen molar-refractivity contribution in [2.45, 2.75) is 38.8 Å². The van der Waals surface area contributed by atoms with Crippen molar-refractivity contribution in [1.82, 2.24) is 10.2 Å². The van der Waals surface area contributed by atoms with Gasteiger partial charge in [-0.15, -0.1) is 0 Å². The van der Waals surface area contributed by atoms with Crippen LogP contribution in [0.15, 0.2) is 48.5 Å². The molecule has 2 N–H and O–H groups in total. The number of amides is 1. The second-order valence-corrected chi connectivity index (χ2v) is 7.86. The molecule has 5 nitrogen and oxygen atoms in total. The van der Waals surface area contributed by atoms with E-state index in [9.17, 15) is 9.90 Å². The highest BCUT2D eigenvalue weighted by Gasteiger charge is 2.32. The van der Waals surface area contributed by atoms with E-state index in [0.717, 1.165) is 36.4 Å². The zero-order chi connectivity index (χ0) is 20.6. The number of aryl methyl sites for hydroxylation is 1. The Morgan fingerprint density at radius 2 is 1.83 bits per heavy atom. The normalized spacial score (nSPS) is 19.0. The van der Waals surface area contributed by atoms with E-state index in [1.165, 1.54) is 5.56 Å². The summed E-state index contributed by atoms with van der Waals surface area (Å²) < 4.78 is 5.22. The monoisotopic (exact) mass is 396 g/mol. The van der Waals surface area contributed by atoms with Gasteiger partial charge in [-0.25, -0.2) is 0 Å². The number of aliphatic hydroxyl groups excluding tert-OH is 1. The van der Waals surface area contributed by atoms with E-state index in [2.05, 4.69) is 36.5 Å². The fourth-order valence-corrected chi connectivity index (χ4v) is 4.08. The molecule has 2 aromatic rings. The van der Waals surface area contributed by atoms with E-state index in [1.54, 1.807) is 7.11 Å². The second kappa shape index (κ2) is 10.4. The van der Waals surface area contributed by atoms with Gasteiger partial charge in [0.05, 0.1) is 13.5 Å². The summed E-state index contributed by atoms with van der Waals surface area (Å²) in [4.78, 5) is 15.4. The van der Waals surface area contributed by atoms with Crippen LogP contribution in [-0.4, -0.2) is 48.8 Å². The third-order valence-corrected chi connectivity index (χ3v) is 5.78. The van der Waals surface area contributed by atoms with Crippen molar-refractivity contribution in [3.05, 3.63) is 65.2 Å². The molecular formula is C24H32N2O3. The van der Waals surface area contributed by atoms with E-state index < -0.39 is 0 Å². The van der Waals surface area contributed by atoms with Crippen molar-refractivity contribution in [1.29, 1.82) is 0 Å². The first kappa shape index (κ1) is 21.3. The molecule has 2 aromatic carbocycles. The fourth-order valence-electron chi connectivity index (χ4n) is 4.08. The first-order chi connectivity index (χ1) is 14.1. The number of hydrogen-bond donors (Lipinski definition) is 2. The zero-order valence-corrected chi connectivity index (χ0v) is 17.4. The van der Waals surface area contributed by atoms with Crippen molar-refractivity contribution in [3.8, 4) is 5.75 Å². The van der Waals surface area contributed by atoms with Gasteiger partial charge in [0.2, 0.25) is 5.91 Å². The minimum absolute atomic E-state index is 0.130. The van der Waals surface area contributed by atoms with Crippen molar-refractivity contribution < 1.29 is 14.6 Å². The minimum atomic E-state index is 0.130. The molecule has 29 heavy (non-hydrogen) atoms. The Morgan fingerprint density at radius 3 is 2.48 bits per heavy atom. The number of rotatable bonds is 8. The lowest BCUT2D eigenvalue weighted by molar-refractivity contribution is -0.135. The molecule has 3 rings (SSSR count). The smallest absolute Gasteiger partial charge is 0.227 e. The van der Waals surface area contributed by atoms with Crippen LogP contribution in [0.25, 0.3) is 0 Å². The lowest BCUT2D eigenvalue weighted by Crippen LogP contribution is -2.52. The molecule has 1 heterocycles. The molecule has 2 atom stereocenters. The van der Waals surface area contributed by atoms with Gasteiger partial charge in [0.15, 0.2) is 0 Å². The number of methoxy groups -OCH3 is 1. The summed E-state index contributed by atoms with van der Waals surface area (Å²) in [6, 6.07) is 16.2. The minimum Gasteiger partial charge on any atom is -0.497 e. The van der Waals surface area contributed by atoms with Crippen LogP contribution < -0.4 is 10.1 Å². The van der Waals surface area contributed by atoms with Crippen LogP contribution in [-0.2, 0) is 17.8 Å². The number of piperidine rings is 1. The Bertz CT molecular complexity index is 772. The molecule has 0 radical (unpaired) electrons. The molecular weight excluding hydrogens is 364 g/mol. The first-order valence-electron chi connectivity index (χ1n) is 10.4. The Labute approximate surface area is 173 Å². The quantitative estimate of drug-likeness (QED) is 0.720. The number of hydrogen-bond acceptors (Lipinski definition) is 4. The van der Waals surface area contributed by atoms with Crippen LogP contribution in [0.2, 0.25) is 0 Å². The average molecular weight is 397 g/mol. The number of ether oxygens (including phenoxy) is 1. The molecule has 1 amide bonds. The third kappa shape index (κ3) is 5.81. The van der Waals surface area contributed by atoms with Crippen molar-refractivity contribution >= 4 is 5.91 Å². The van der Waals surface area contributed by atoms with Gasteiger partial charge in [-0.3, -0.25) is 4.79 Å². The highest BCUT2D eigenvalue weighted by atomic mass is 16.5. The van der Waals surface area contributed by atoms with E-state index in [1.807, 2.05) is 29.2 Å². The first-order valence-corrected chi connectivity index (χ1v) is 10.4. The van der Waals surface area contributed by atoms with Gasteiger partial charge in [-0.2, -0.15) is 0 Å². The highest BCUT2D eigenvalue weighted by Crippen LogP contribution is 2.25. The molecule has 156 valence electrons. The number of nitrogens with zero attached hydrogens (tertiary/aromatic N) is 1. The summed E-state index contributed by atoms with van der Waals surface area (Å²) in [5, 5.41) is 12.9. The van der Waals surface area contributed by atoms with Crippen molar-refractivity contribution in [3.63, 3.8) is 0 Å². The average Bonchev–Trinajstić information content (AvgIpc) is 2.74. The molecule has 1 saturated heterocycles. The van der Waals surface area contributed by atoms with Crippen LogP contribution in [0.5, 0.6) is 5.75 Å². The summed E-state index contributed by atoms with van der Waals surface area (Å²) in [5.41, 5.74) is 3.34. The standard InChI is InChI=1S/C24H32N2O3/c1-18-3-5-20(6-4-18)17-26(23-11-13-25-16-21(23)12-14-27)24(28)15-19-7-9-22(29-2)10-8-19/h3-10,21,23,25,27H,11-17H2,1-2H3. The predicted octanol–water partition coefficient (Wildman–Crippen LogP) is 2.94. The molecule has 1 aliphatic heterocycles. The Hall–Kier alpha value is -2.37. The molecule has 0 saturated carbocycles. The van der Waals surface area contributed by atoms with E-state index in [-0.39, 0.29) is 24.5 Å². The Morgan fingerprint density at radius 1 is 1.14 bits per heavy atom. The van der Waals surface area contributed by atoms with Gasteiger partial charge < -0.3 is 20.1 Å². The third-order valence-electron chi connectivity index (χ3n) is 5.78. The zero-order valence-electron chi connectivity index (χ0n) is 17.4. The van der Waals surface area contributed by atoms with Gasteiger partial charge in [-0.05, 0) is 55.5 Å². The van der Waals surface area contributed by atoms with Gasteiger partial charge in [0.25, 0.3) is 0 Å². The Balaban J connectivity index is 1.81. The maximum Gasteiger partial charge on any atom is 0.227 e. The molecule has 2 unspecified atom stereocenters. The number of aliphatic hydroxyl groups is 1. The number of nitrogens with one attached hydrogen (secondary N) is 1. The SMILES string of the molecule is COc1ccc(CC(=O)N(Cc2ccc(C)cc2)C2CCNCC2CCO)cc1. The van der Waals surface area contributed by atoms with Gasteiger partial charge in [-0.1, -0.05) is 42.0 Å². The maximum absolute atomic E-state index is 13.4. The lowest BCUT2D eigenvalue weighted by Gasteiger charge is -2.40. The molecule has 1 aliphatic rings. The van der Waals surface area contributed by atoms with Crippen LogP contribution >= 0.6 is 0 Å². The number of benzene rings is 2. The van der Waals surface area contributed by atoms with Gasteiger partial charge in [0.1, 0.15) is 5.75 Å². The topological polar surface area (TPSA) is 61.8 Å². The van der Waals surface area contributed by atoms with Crippen LogP contribution in [0.4, 0.5) is 0 Å². The molecule has 1 fully saturated rings. The summed E-state index contributed by atoms with van der Waals surface area (Å²) >= 11 is 0. The van der Waals surface area contributed by atoms with E-state index in [0.29, 0.717) is 19.4 Å². The van der Waals surface area contributed by atoms with Crippen molar-refractivity contribution in [2.24, 2.45) is 5.92 Å². The fraction of sp³-hybridized carbons (Fsp3) is 0.458. The van der Waals surface area contributed by atoms with E-state index in [4.69, 9.17) is 4.74 Å². The van der Waals surface area contributed by atoms with Crippen LogP contribution in [0.3, 0.4) is 0 Å². The summed E-state index contributed by atoms with van der Waals surface area (Å²) in [6.07, 6.45) is 1.98. The molecule has 0 bridgehead atoms. The summed E-state index contributed by atoms with van der Waals surface area (Å²) in [7, 11) is 1.64. The molecule has 0 aromatic heterocycles. The summed E-state index contributed by atoms with van der Waals surface area (Å²) in [5.74, 6) is 1.18. The van der Waals surface area contributed by atoms with Gasteiger partial charge in [0, 0.05) is 25.7 Å². The highest BCUT2D eigenvalue weighted by molar-refractivity contribution is 5.79. The Kier molecular flexibility index (Phi) is 7.67. The molecule has 0 spiro atoms.